The van der Waals surface area contributed by atoms with Crippen LogP contribution in [0.1, 0.15) is 18.4 Å². The third-order valence-electron chi connectivity index (χ3n) is 2.99. The Morgan fingerprint density at radius 2 is 2.37 bits per heavy atom. The van der Waals surface area contributed by atoms with Gasteiger partial charge in [0.05, 0.1) is 17.3 Å². The summed E-state index contributed by atoms with van der Waals surface area (Å²) in [5.74, 6) is 0. The van der Waals surface area contributed by atoms with Crippen molar-refractivity contribution in [2.45, 2.75) is 25.8 Å². The zero-order valence-electron chi connectivity index (χ0n) is 11.0. The van der Waals surface area contributed by atoms with Crippen molar-refractivity contribution in [3.8, 4) is 11.3 Å². The van der Waals surface area contributed by atoms with Crippen molar-refractivity contribution in [2.24, 2.45) is 0 Å². The van der Waals surface area contributed by atoms with Crippen LogP contribution in [-0.4, -0.2) is 34.3 Å². The van der Waals surface area contributed by atoms with E-state index >= 15 is 0 Å². The Balaban J connectivity index is 1.88. The number of aliphatic hydroxyl groups is 1. The number of rotatable bonds is 7. The number of pyridine rings is 1. The predicted octanol–water partition coefficient (Wildman–Crippen LogP) is 2.11. The Morgan fingerprint density at radius 1 is 1.47 bits per heavy atom. The van der Waals surface area contributed by atoms with Gasteiger partial charge in [0.15, 0.2) is 0 Å². The lowest BCUT2D eigenvalue weighted by molar-refractivity contribution is 0.240. The summed E-state index contributed by atoms with van der Waals surface area (Å²) in [4.78, 5) is 8.71. The van der Waals surface area contributed by atoms with Crippen LogP contribution in [0.5, 0.6) is 0 Å². The zero-order chi connectivity index (χ0) is 13.5. The van der Waals surface area contributed by atoms with E-state index in [0.29, 0.717) is 0 Å². The summed E-state index contributed by atoms with van der Waals surface area (Å²) in [6, 6.07) is 4.13. The smallest absolute Gasteiger partial charge is 0.0945 e. The SMILES string of the molecule is CCC(CO)NCCc1nc(-c2cccnc2)cs1. The van der Waals surface area contributed by atoms with Gasteiger partial charge in [-0.15, -0.1) is 11.3 Å². The maximum atomic E-state index is 9.09. The van der Waals surface area contributed by atoms with Gasteiger partial charge < -0.3 is 10.4 Å². The molecule has 0 radical (unpaired) electrons. The molecule has 0 spiro atoms. The molecule has 2 rings (SSSR count). The first kappa shape index (κ1) is 14.1. The molecule has 2 aromatic heterocycles. The minimum atomic E-state index is 0.190. The lowest BCUT2D eigenvalue weighted by atomic mass is 10.2. The van der Waals surface area contributed by atoms with Crippen molar-refractivity contribution < 1.29 is 5.11 Å². The Labute approximate surface area is 117 Å². The highest BCUT2D eigenvalue weighted by Gasteiger charge is 2.06. The Bertz CT molecular complexity index is 482. The first-order valence-corrected chi connectivity index (χ1v) is 7.40. The van der Waals surface area contributed by atoms with Gasteiger partial charge in [0.2, 0.25) is 0 Å². The average Bonchev–Trinajstić information content (AvgIpc) is 2.93. The lowest BCUT2D eigenvalue weighted by Gasteiger charge is -2.12. The molecule has 0 amide bonds. The highest BCUT2D eigenvalue weighted by molar-refractivity contribution is 7.09. The first-order valence-electron chi connectivity index (χ1n) is 6.52. The highest BCUT2D eigenvalue weighted by Crippen LogP contribution is 2.20. The van der Waals surface area contributed by atoms with Crippen LogP contribution in [0.4, 0.5) is 0 Å². The van der Waals surface area contributed by atoms with Crippen molar-refractivity contribution >= 4 is 11.3 Å². The molecule has 0 bridgehead atoms. The molecule has 0 saturated heterocycles. The molecule has 5 heteroatoms. The van der Waals surface area contributed by atoms with Gasteiger partial charge >= 0.3 is 0 Å². The summed E-state index contributed by atoms with van der Waals surface area (Å²) in [5, 5.41) is 15.6. The van der Waals surface area contributed by atoms with Gasteiger partial charge in [0.25, 0.3) is 0 Å². The third kappa shape index (κ3) is 4.09. The molecule has 2 heterocycles. The molecular formula is C14H19N3OS. The summed E-state index contributed by atoms with van der Waals surface area (Å²) in [5.41, 5.74) is 2.04. The molecule has 19 heavy (non-hydrogen) atoms. The van der Waals surface area contributed by atoms with Crippen molar-refractivity contribution in [2.75, 3.05) is 13.2 Å². The fourth-order valence-corrected chi connectivity index (χ4v) is 2.60. The summed E-state index contributed by atoms with van der Waals surface area (Å²) in [7, 11) is 0. The quantitative estimate of drug-likeness (QED) is 0.814. The van der Waals surface area contributed by atoms with E-state index in [0.717, 1.165) is 35.7 Å². The van der Waals surface area contributed by atoms with Gasteiger partial charge in [-0.05, 0) is 18.6 Å². The summed E-state index contributed by atoms with van der Waals surface area (Å²) in [6.45, 7) is 3.10. The molecule has 1 unspecified atom stereocenters. The Morgan fingerprint density at radius 3 is 3.05 bits per heavy atom. The van der Waals surface area contributed by atoms with Gasteiger partial charge in [0.1, 0.15) is 0 Å². The minimum Gasteiger partial charge on any atom is -0.395 e. The van der Waals surface area contributed by atoms with Crippen LogP contribution in [0.3, 0.4) is 0 Å². The molecule has 2 aromatic rings. The van der Waals surface area contributed by atoms with Crippen LogP contribution >= 0.6 is 11.3 Å². The number of nitrogens with zero attached hydrogens (tertiary/aromatic N) is 2. The van der Waals surface area contributed by atoms with E-state index in [1.54, 1.807) is 17.5 Å². The predicted molar refractivity (Wildman–Crippen MR) is 78.2 cm³/mol. The van der Waals surface area contributed by atoms with Crippen LogP contribution < -0.4 is 5.32 Å². The number of aromatic nitrogens is 2. The summed E-state index contributed by atoms with van der Waals surface area (Å²) < 4.78 is 0. The van der Waals surface area contributed by atoms with Gasteiger partial charge in [-0.25, -0.2) is 4.98 Å². The van der Waals surface area contributed by atoms with Gasteiger partial charge in [-0.1, -0.05) is 6.92 Å². The average molecular weight is 277 g/mol. The normalized spacial score (nSPS) is 12.5. The molecule has 0 saturated carbocycles. The highest BCUT2D eigenvalue weighted by atomic mass is 32.1. The first-order chi connectivity index (χ1) is 9.33. The second-order valence-electron chi connectivity index (χ2n) is 4.36. The lowest BCUT2D eigenvalue weighted by Crippen LogP contribution is -2.33. The zero-order valence-corrected chi connectivity index (χ0v) is 11.9. The van der Waals surface area contributed by atoms with E-state index in [1.165, 1.54) is 0 Å². The molecule has 0 aliphatic rings. The summed E-state index contributed by atoms with van der Waals surface area (Å²) >= 11 is 1.67. The second kappa shape index (κ2) is 7.33. The molecule has 0 aliphatic heterocycles. The number of hydrogen-bond donors (Lipinski definition) is 2. The molecule has 0 aliphatic carbocycles. The third-order valence-corrected chi connectivity index (χ3v) is 3.90. The van der Waals surface area contributed by atoms with Crippen LogP contribution in [0.15, 0.2) is 29.9 Å². The largest absolute Gasteiger partial charge is 0.395 e. The van der Waals surface area contributed by atoms with Crippen LogP contribution in [0.25, 0.3) is 11.3 Å². The van der Waals surface area contributed by atoms with E-state index in [-0.39, 0.29) is 12.6 Å². The number of aliphatic hydroxyl groups excluding tert-OH is 1. The Kier molecular flexibility index (Phi) is 5.44. The van der Waals surface area contributed by atoms with E-state index in [4.69, 9.17) is 5.11 Å². The van der Waals surface area contributed by atoms with E-state index in [1.807, 2.05) is 18.3 Å². The molecule has 2 N–H and O–H groups in total. The van der Waals surface area contributed by atoms with Crippen LogP contribution in [0, 0.1) is 0 Å². The van der Waals surface area contributed by atoms with Crippen molar-refractivity contribution in [3.05, 3.63) is 34.9 Å². The van der Waals surface area contributed by atoms with E-state index in [2.05, 4.69) is 27.6 Å². The molecule has 0 fully saturated rings. The summed E-state index contributed by atoms with van der Waals surface area (Å²) in [6.07, 6.45) is 5.42. The standard InChI is InChI=1S/C14H19N3OS/c1-2-12(9-18)16-7-5-14-17-13(10-19-14)11-4-3-6-15-8-11/h3-4,6,8,10,12,16,18H,2,5,7,9H2,1H3. The maximum Gasteiger partial charge on any atom is 0.0945 e. The maximum absolute atomic E-state index is 9.09. The molecule has 0 aromatic carbocycles. The van der Waals surface area contributed by atoms with Gasteiger partial charge in [-0.3, -0.25) is 4.98 Å². The fourth-order valence-electron chi connectivity index (χ4n) is 1.79. The molecule has 1 atom stereocenters. The fraction of sp³-hybridized carbons (Fsp3) is 0.429. The van der Waals surface area contributed by atoms with E-state index in [9.17, 15) is 0 Å². The van der Waals surface area contributed by atoms with Crippen molar-refractivity contribution in [1.82, 2.24) is 15.3 Å². The van der Waals surface area contributed by atoms with Crippen LogP contribution in [0.2, 0.25) is 0 Å². The van der Waals surface area contributed by atoms with Gasteiger partial charge in [0, 0.05) is 42.3 Å². The minimum absolute atomic E-state index is 0.190. The molecular weight excluding hydrogens is 258 g/mol. The van der Waals surface area contributed by atoms with Crippen molar-refractivity contribution in [3.63, 3.8) is 0 Å². The molecule has 102 valence electrons. The number of thiazole rings is 1. The monoisotopic (exact) mass is 277 g/mol. The Hall–Kier alpha value is -1.30. The van der Waals surface area contributed by atoms with Crippen LogP contribution in [-0.2, 0) is 6.42 Å². The van der Waals surface area contributed by atoms with Crippen molar-refractivity contribution in [1.29, 1.82) is 0 Å². The number of hydrogen-bond acceptors (Lipinski definition) is 5. The topological polar surface area (TPSA) is 58.0 Å². The van der Waals surface area contributed by atoms with E-state index < -0.39 is 0 Å². The van der Waals surface area contributed by atoms with Gasteiger partial charge in [-0.2, -0.15) is 0 Å². The molecule has 4 nitrogen and oxygen atoms in total. The number of nitrogens with one attached hydrogen (secondary N) is 1. The second-order valence-corrected chi connectivity index (χ2v) is 5.30.